The summed E-state index contributed by atoms with van der Waals surface area (Å²) in [4.78, 5) is 11.9. The number of rotatable bonds is 8. The van der Waals surface area contributed by atoms with Crippen LogP contribution in [-0.2, 0) is 16.1 Å². The number of ether oxygens (including phenoxy) is 1. The molecule has 0 aliphatic rings. The van der Waals surface area contributed by atoms with Gasteiger partial charge in [-0.1, -0.05) is 50.1 Å². The van der Waals surface area contributed by atoms with Gasteiger partial charge in [-0.3, -0.25) is 4.79 Å². The Morgan fingerprint density at radius 1 is 1.28 bits per heavy atom. The van der Waals surface area contributed by atoms with Crippen molar-refractivity contribution < 1.29 is 14.6 Å². The van der Waals surface area contributed by atoms with E-state index in [0.717, 1.165) is 24.8 Å². The van der Waals surface area contributed by atoms with Crippen LogP contribution in [-0.4, -0.2) is 17.7 Å². The first-order chi connectivity index (χ1) is 8.77. The van der Waals surface area contributed by atoms with Crippen LogP contribution < -0.4 is 0 Å². The van der Waals surface area contributed by atoms with Crippen molar-refractivity contribution in [3.8, 4) is 0 Å². The molecule has 3 heteroatoms. The smallest absolute Gasteiger partial charge is 0.309 e. The molecule has 0 heterocycles. The van der Waals surface area contributed by atoms with Gasteiger partial charge in [-0.05, 0) is 18.4 Å². The summed E-state index contributed by atoms with van der Waals surface area (Å²) in [6.07, 6.45) is 3.33. The maximum atomic E-state index is 11.9. The SMILES string of the molecule is CCCCC(CCO)C(=O)OCc1ccccc1. The van der Waals surface area contributed by atoms with Crippen molar-refractivity contribution in [3.63, 3.8) is 0 Å². The zero-order valence-electron chi connectivity index (χ0n) is 11.0. The Morgan fingerprint density at radius 3 is 2.61 bits per heavy atom. The number of aliphatic hydroxyl groups is 1. The highest BCUT2D eigenvalue weighted by molar-refractivity contribution is 5.72. The Labute approximate surface area is 109 Å². The molecule has 0 aliphatic heterocycles. The lowest BCUT2D eigenvalue weighted by Gasteiger charge is -2.14. The molecule has 0 spiro atoms. The van der Waals surface area contributed by atoms with Crippen molar-refractivity contribution in [1.29, 1.82) is 0 Å². The van der Waals surface area contributed by atoms with Crippen LogP contribution in [0.1, 0.15) is 38.2 Å². The van der Waals surface area contributed by atoms with Crippen LogP contribution in [0.5, 0.6) is 0 Å². The molecule has 1 rings (SSSR count). The maximum Gasteiger partial charge on any atom is 0.309 e. The lowest BCUT2D eigenvalue weighted by molar-refractivity contribution is -0.150. The average molecular weight is 250 g/mol. The maximum absolute atomic E-state index is 11.9. The van der Waals surface area contributed by atoms with E-state index in [1.165, 1.54) is 0 Å². The minimum Gasteiger partial charge on any atom is -0.461 e. The van der Waals surface area contributed by atoms with Crippen LogP contribution in [0.25, 0.3) is 0 Å². The molecule has 0 aromatic heterocycles. The molecule has 100 valence electrons. The molecule has 1 aromatic rings. The summed E-state index contributed by atoms with van der Waals surface area (Å²) in [6.45, 7) is 2.44. The van der Waals surface area contributed by atoms with Gasteiger partial charge in [0.15, 0.2) is 0 Å². The monoisotopic (exact) mass is 250 g/mol. The van der Waals surface area contributed by atoms with Crippen molar-refractivity contribution in [2.75, 3.05) is 6.61 Å². The van der Waals surface area contributed by atoms with E-state index in [1.807, 2.05) is 30.3 Å². The van der Waals surface area contributed by atoms with Crippen LogP contribution in [0, 0.1) is 5.92 Å². The minimum atomic E-state index is -0.193. The third-order valence-electron chi connectivity index (χ3n) is 2.94. The van der Waals surface area contributed by atoms with Crippen LogP contribution >= 0.6 is 0 Å². The minimum absolute atomic E-state index is 0.0365. The first kappa shape index (κ1) is 14.7. The largest absolute Gasteiger partial charge is 0.461 e. The number of unbranched alkanes of at least 4 members (excludes halogenated alkanes) is 1. The van der Waals surface area contributed by atoms with Crippen LogP contribution in [0.2, 0.25) is 0 Å². The van der Waals surface area contributed by atoms with Gasteiger partial charge in [0, 0.05) is 6.61 Å². The van der Waals surface area contributed by atoms with Crippen molar-refractivity contribution >= 4 is 5.97 Å². The van der Waals surface area contributed by atoms with Crippen LogP contribution in [0.3, 0.4) is 0 Å². The van der Waals surface area contributed by atoms with E-state index in [2.05, 4.69) is 6.92 Å². The molecule has 3 nitrogen and oxygen atoms in total. The summed E-state index contributed by atoms with van der Waals surface area (Å²) < 4.78 is 5.29. The van der Waals surface area contributed by atoms with Gasteiger partial charge in [-0.15, -0.1) is 0 Å². The van der Waals surface area contributed by atoms with Crippen molar-refractivity contribution in [1.82, 2.24) is 0 Å². The van der Waals surface area contributed by atoms with Crippen LogP contribution in [0.15, 0.2) is 30.3 Å². The number of hydrogen-bond donors (Lipinski definition) is 1. The standard InChI is InChI=1S/C15H22O3/c1-2-3-9-14(10-11-16)15(17)18-12-13-7-5-4-6-8-13/h4-8,14,16H,2-3,9-12H2,1H3. The summed E-state index contributed by atoms with van der Waals surface area (Å²) in [7, 11) is 0. The van der Waals surface area contributed by atoms with Crippen LogP contribution in [0.4, 0.5) is 0 Å². The number of benzene rings is 1. The Kier molecular flexibility index (Phi) is 7.11. The highest BCUT2D eigenvalue weighted by Gasteiger charge is 2.18. The van der Waals surface area contributed by atoms with Gasteiger partial charge < -0.3 is 9.84 Å². The second kappa shape index (κ2) is 8.70. The van der Waals surface area contributed by atoms with E-state index in [4.69, 9.17) is 9.84 Å². The molecular formula is C15H22O3. The zero-order valence-corrected chi connectivity index (χ0v) is 11.0. The Balaban J connectivity index is 2.40. The van der Waals surface area contributed by atoms with Crippen molar-refractivity contribution in [2.45, 2.75) is 39.2 Å². The summed E-state index contributed by atoms with van der Waals surface area (Å²) in [6, 6.07) is 9.64. The first-order valence-corrected chi connectivity index (χ1v) is 6.59. The fourth-order valence-electron chi connectivity index (χ4n) is 1.83. The van der Waals surface area contributed by atoms with Gasteiger partial charge in [0.25, 0.3) is 0 Å². The Hall–Kier alpha value is -1.35. The Bertz CT molecular complexity index is 335. The molecule has 1 unspecified atom stereocenters. The lowest BCUT2D eigenvalue weighted by atomic mass is 9.99. The quantitative estimate of drug-likeness (QED) is 0.722. The summed E-state index contributed by atoms with van der Waals surface area (Å²) >= 11 is 0. The normalized spacial score (nSPS) is 12.1. The molecule has 18 heavy (non-hydrogen) atoms. The molecule has 0 aliphatic carbocycles. The fourth-order valence-corrected chi connectivity index (χ4v) is 1.83. The second-order valence-electron chi connectivity index (χ2n) is 4.44. The van der Waals surface area contributed by atoms with E-state index < -0.39 is 0 Å². The summed E-state index contributed by atoms with van der Waals surface area (Å²) in [5.41, 5.74) is 0.990. The Morgan fingerprint density at radius 2 is 2.00 bits per heavy atom. The van der Waals surface area contributed by atoms with E-state index in [1.54, 1.807) is 0 Å². The molecule has 0 bridgehead atoms. The summed E-state index contributed by atoms with van der Waals surface area (Å²) in [5.74, 6) is -0.361. The molecule has 0 fully saturated rings. The molecule has 1 aromatic carbocycles. The van der Waals surface area contributed by atoms with E-state index >= 15 is 0 Å². The second-order valence-corrected chi connectivity index (χ2v) is 4.44. The van der Waals surface area contributed by atoms with E-state index in [0.29, 0.717) is 13.0 Å². The molecule has 0 amide bonds. The highest BCUT2D eigenvalue weighted by atomic mass is 16.5. The van der Waals surface area contributed by atoms with Gasteiger partial charge in [0.1, 0.15) is 6.61 Å². The molecule has 0 saturated heterocycles. The topological polar surface area (TPSA) is 46.5 Å². The third-order valence-corrected chi connectivity index (χ3v) is 2.94. The number of hydrogen-bond acceptors (Lipinski definition) is 3. The number of aliphatic hydroxyl groups excluding tert-OH is 1. The number of carbonyl (C=O) groups is 1. The molecule has 1 N–H and O–H groups in total. The van der Waals surface area contributed by atoms with Gasteiger partial charge >= 0.3 is 5.97 Å². The molecule has 0 radical (unpaired) electrons. The van der Waals surface area contributed by atoms with Crippen molar-refractivity contribution in [2.24, 2.45) is 5.92 Å². The third kappa shape index (κ3) is 5.32. The lowest BCUT2D eigenvalue weighted by Crippen LogP contribution is -2.19. The fraction of sp³-hybridized carbons (Fsp3) is 0.533. The molecule has 1 atom stereocenters. The van der Waals surface area contributed by atoms with Gasteiger partial charge in [0.2, 0.25) is 0 Å². The molecular weight excluding hydrogens is 228 g/mol. The number of carbonyl (C=O) groups excluding carboxylic acids is 1. The average Bonchev–Trinajstić information content (AvgIpc) is 2.42. The highest BCUT2D eigenvalue weighted by Crippen LogP contribution is 2.15. The van der Waals surface area contributed by atoms with Gasteiger partial charge in [-0.25, -0.2) is 0 Å². The van der Waals surface area contributed by atoms with E-state index in [9.17, 15) is 4.79 Å². The molecule has 0 saturated carbocycles. The number of esters is 1. The zero-order chi connectivity index (χ0) is 13.2. The summed E-state index contributed by atoms with van der Waals surface area (Å²) in [5, 5.41) is 8.96. The van der Waals surface area contributed by atoms with Crippen molar-refractivity contribution in [3.05, 3.63) is 35.9 Å². The van der Waals surface area contributed by atoms with E-state index in [-0.39, 0.29) is 18.5 Å². The van der Waals surface area contributed by atoms with Gasteiger partial charge in [-0.2, -0.15) is 0 Å². The predicted molar refractivity (Wildman–Crippen MR) is 71.0 cm³/mol. The predicted octanol–water partition coefficient (Wildman–Crippen LogP) is 2.92. The van der Waals surface area contributed by atoms with Gasteiger partial charge in [0.05, 0.1) is 5.92 Å². The first-order valence-electron chi connectivity index (χ1n) is 6.59.